The maximum atomic E-state index is 12.5. The van der Waals surface area contributed by atoms with E-state index in [2.05, 4.69) is 22.8 Å². The lowest BCUT2D eigenvalue weighted by molar-refractivity contribution is -0.142. The van der Waals surface area contributed by atoms with Gasteiger partial charge in [0.25, 0.3) is 0 Å². The third kappa shape index (κ3) is 5.43. The highest BCUT2D eigenvalue weighted by Gasteiger charge is 2.30. The summed E-state index contributed by atoms with van der Waals surface area (Å²) in [5, 5.41) is 14.4. The number of nitrogens with one attached hydrogen (secondary N) is 2. The molecule has 2 atom stereocenters. The Labute approximate surface area is 191 Å². The van der Waals surface area contributed by atoms with Crippen molar-refractivity contribution in [3.05, 3.63) is 59.7 Å². The number of fused-ring (bicyclic) bond motifs is 3. The highest BCUT2D eigenvalue weighted by Crippen LogP contribution is 2.44. The highest BCUT2D eigenvalue weighted by atomic mass is 32.2. The van der Waals surface area contributed by atoms with E-state index in [-0.39, 0.29) is 12.5 Å². The molecule has 170 valence electrons. The molecule has 0 aromatic heterocycles. The predicted octanol–water partition coefficient (Wildman–Crippen LogP) is 3.63. The molecule has 2 aromatic rings. The van der Waals surface area contributed by atoms with Crippen molar-refractivity contribution < 1.29 is 24.2 Å². The average Bonchev–Trinajstić information content (AvgIpc) is 3.12. The molecule has 2 amide bonds. The minimum absolute atomic E-state index is 0.0787. The zero-order valence-corrected chi connectivity index (χ0v) is 19.0. The third-order valence-corrected chi connectivity index (χ3v) is 6.23. The number of carboxylic acid groups (broad SMARTS) is 1. The van der Waals surface area contributed by atoms with Crippen LogP contribution in [0.3, 0.4) is 0 Å². The number of ether oxygens (including phenoxy) is 1. The van der Waals surface area contributed by atoms with E-state index < -0.39 is 30.1 Å². The number of alkyl carbamates (subject to hydrolysis) is 1. The third-order valence-electron chi connectivity index (χ3n) is 5.59. The molecule has 32 heavy (non-hydrogen) atoms. The first kappa shape index (κ1) is 23.7. The van der Waals surface area contributed by atoms with Gasteiger partial charge in [0.15, 0.2) is 0 Å². The van der Waals surface area contributed by atoms with Crippen LogP contribution in [-0.4, -0.2) is 53.8 Å². The van der Waals surface area contributed by atoms with Crippen LogP contribution in [0.1, 0.15) is 36.8 Å². The Balaban J connectivity index is 1.60. The number of carbonyl (C=O) groups is 3. The summed E-state index contributed by atoms with van der Waals surface area (Å²) in [5.74, 6) is -1.10. The first-order valence-corrected chi connectivity index (χ1v) is 12.0. The van der Waals surface area contributed by atoms with Crippen molar-refractivity contribution in [3.63, 3.8) is 0 Å². The predicted molar refractivity (Wildman–Crippen MR) is 125 cm³/mol. The maximum Gasteiger partial charge on any atom is 0.407 e. The lowest BCUT2D eigenvalue weighted by atomic mass is 9.98. The second-order valence-electron chi connectivity index (χ2n) is 7.61. The molecule has 0 saturated heterocycles. The second-order valence-corrected chi connectivity index (χ2v) is 8.60. The molecule has 3 N–H and O–H groups in total. The SMILES string of the molecule is CCC(NC(=O)OCC1c2ccccc2-c2ccccc21)C(=O)N[C@H](CCSC)C(=O)O. The Morgan fingerprint density at radius 1 is 1.00 bits per heavy atom. The van der Waals surface area contributed by atoms with Crippen LogP contribution in [0.5, 0.6) is 0 Å². The smallest absolute Gasteiger partial charge is 0.407 e. The summed E-state index contributed by atoms with van der Waals surface area (Å²) in [4.78, 5) is 36.4. The minimum Gasteiger partial charge on any atom is -0.480 e. The molecule has 1 aliphatic rings. The second kappa shape index (κ2) is 11.0. The summed E-state index contributed by atoms with van der Waals surface area (Å²) in [6.07, 6.45) is 1.79. The summed E-state index contributed by atoms with van der Waals surface area (Å²) in [5.41, 5.74) is 4.47. The minimum atomic E-state index is -1.09. The molecular formula is C24H28N2O5S. The molecule has 0 fully saturated rings. The van der Waals surface area contributed by atoms with Gasteiger partial charge in [-0.3, -0.25) is 4.79 Å². The first-order valence-electron chi connectivity index (χ1n) is 10.6. The lowest BCUT2D eigenvalue weighted by Crippen LogP contribution is -2.51. The van der Waals surface area contributed by atoms with Crippen molar-refractivity contribution in [1.29, 1.82) is 0 Å². The summed E-state index contributed by atoms with van der Waals surface area (Å²) in [6.45, 7) is 1.88. The van der Waals surface area contributed by atoms with E-state index >= 15 is 0 Å². The summed E-state index contributed by atoms with van der Waals surface area (Å²) >= 11 is 1.50. The fraction of sp³-hybridized carbons (Fsp3) is 0.375. The molecule has 8 heteroatoms. The van der Waals surface area contributed by atoms with Crippen molar-refractivity contribution in [2.75, 3.05) is 18.6 Å². The van der Waals surface area contributed by atoms with Crippen LogP contribution in [0, 0.1) is 0 Å². The van der Waals surface area contributed by atoms with Gasteiger partial charge < -0.3 is 20.5 Å². The Morgan fingerprint density at radius 2 is 1.59 bits per heavy atom. The van der Waals surface area contributed by atoms with Gasteiger partial charge in [-0.05, 0) is 47.1 Å². The molecule has 0 saturated carbocycles. The van der Waals surface area contributed by atoms with Gasteiger partial charge in [-0.2, -0.15) is 11.8 Å². The molecule has 0 radical (unpaired) electrons. The van der Waals surface area contributed by atoms with Gasteiger partial charge in [0.1, 0.15) is 18.7 Å². The zero-order valence-electron chi connectivity index (χ0n) is 18.2. The molecule has 1 aliphatic carbocycles. The summed E-state index contributed by atoms with van der Waals surface area (Å²) in [7, 11) is 0. The summed E-state index contributed by atoms with van der Waals surface area (Å²) in [6, 6.07) is 14.2. The maximum absolute atomic E-state index is 12.5. The number of amides is 2. The van der Waals surface area contributed by atoms with Gasteiger partial charge in [0, 0.05) is 5.92 Å². The number of thioether (sulfide) groups is 1. The normalized spacial score (nSPS) is 14.1. The summed E-state index contributed by atoms with van der Waals surface area (Å²) < 4.78 is 5.49. The van der Waals surface area contributed by atoms with Gasteiger partial charge in [-0.15, -0.1) is 0 Å². The Morgan fingerprint density at radius 3 is 2.12 bits per heavy atom. The van der Waals surface area contributed by atoms with E-state index in [1.165, 1.54) is 11.8 Å². The lowest BCUT2D eigenvalue weighted by Gasteiger charge is -2.21. The fourth-order valence-corrected chi connectivity index (χ4v) is 4.37. The number of carboxylic acids is 1. The molecule has 0 heterocycles. The quantitative estimate of drug-likeness (QED) is 0.504. The number of hydrogen-bond acceptors (Lipinski definition) is 5. The van der Waals surface area contributed by atoms with E-state index in [4.69, 9.17) is 4.74 Å². The Bertz CT molecular complexity index is 935. The number of hydrogen-bond donors (Lipinski definition) is 3. The van der Waals surface area contributed by atoms with E-state index in [0.717, 1.165) is 22.3 Å². The first-order chi connectivity index (χ1) is 15.5. The standard InChI is InChI=1S/C24H28N2O5S/c1-3-20(22(27)25-21(23(28)29)12-13-32-2)26-24(30)31-14-19-17-10-6-4-8-15(17)16-9-5-7-11-18(16)19/h4-11,19-21H,3,12-14H2,1-2H3,(H,25,27)(H,26,30)(H,28,29)/t20?,21-/m1/s1. The van der Waals surface area contributed by atoms with Crippen LogP contribution in [0.15, 0.2) is 48.5 Å². The van der Waals surface area contributed by atoms with Crippen LogP contribution in [-0.2, 0) is 14.3 Å². The number of benzene rings is 2. The van der Waals surface area contributed by atoms with Gasteiger partial charge in [0.05, 0.1) is 0 Å². The van der Waals surface area contributed by atoms with Crippen molar-refractivity contribution in [1.82, 2.24) is 10.6 Å². The fourth-order valence-electron chi connectivity index (χ4n) is 3.90. The number of aliphatic carboxylic acids is 1. The molecule has 7 nitrogen and oxygen atoms in total. The van der Waals surface area contributed by atoms with Gasteiger partial charge in [-0.25, -0.2) is 9.59 Å². The Kier molecular flexibility index (Phi) is 8.16. The van der Waals surface area contributed by atoms with Crippen LogP contribution >= 0.6 is 11.8 Å². The van der Waals surface area contributed by atoms with Crippen molar-refractivity contribution in [2.45, 2.75) is 37.8 Å². The average molecular weight is 457 g/mol. The molecule has 1 unspecified atom stereocenters. The van der Waals surface area contributed by atoms with E-state index in [0.29, 0.717) is 18.6 Å². The number of carbonyl (C=O) groups excluding carboxylic acids is 2. The van der Waals surface area contributed by atoms with E-state index in [1.807, 2.05) is 42.7 Å². The number of rotatable bonds is 10. The van der Waals surface area contributed by atoms with Crippen LogP contribution in [0.25, 0.3) is 11.1 Å². The van der Waals surface area contributed by atoms with Crippen molar-refractivity contribution in [2.24, 2.45) is 0 Å². The highest BCUT2D eigenvalue weighted by molar-refractivity contribution is 7.98. The molecule has 3 rings (SSSR count). The molecule has 0 bridgehead atoms. The van der Waals surface area contributed by atoms with Gasteiger partial charge in [-0.1, -0.05) is 55.5 Å². The molecular weight excluding hydrogens is 428 g/mol. The Hall–Kier alpha value is -3.00. The van der Waals surface area contributed by atoms with Crippen LogP contribution in [0.4, 0.5) is 4.79 Å². The molecule has 0 spiro atoms. The molecule has 2 aromatic carbocycles. The topological polar surface area (TPSA) is 105 Å². The van der Waals surface area contributed by atoms with Crippen molar-refractivity contribution >= 4 is 29.7 Å². The van der Waals surface area contributed by atoms with E-state index in [1.54, 1.807) is 6.92 Å². The van der Waals surface area contributed by atoms with Gasteiger partial charge >= 0.3 is 12.1 Å². The largest absolute Gasteiger partial charge is 0.480 e. The molecule has 0 aliphatic heterocycles. The van der Waals surface area contributed by atoms with Gasteiger partial charge in [0.2, 0.25) is 5.91 Å². The monoisotopic (exact) mass is 456 g/mol. The van der Waals surface area contributed by atoms with Crippen molar-refractivity contribution in [3.8, 4) is 11.1 Å². The zero-order chi connectivity index (χ0) is 23.1. The van der Waals surface area contributed by atoms with E-state index in [9.17, 15) is 19.5 Å². The van der Waals surface area contributed by atoms with Crippen LogP contribution < -0.4 is 10.6 Å². The van der Waals surface area contributed by atoms with Crippen LogP contribution in [0.2, 0.25) is 0 Å².